The maximum Gasteiger partial charge on any atom is 0.137 e. The Hall–Kier alpha value is -1.91. The summed E-state index contributed by atoms with van der Waals surface area (Å²) < 4.78 is 2.28. The van der Waals surface area contributed by atoms with Gasteiger partial charge in [0.25, 0.3) is 0 Å². The smallest absolute Gasteiger partial charge is 0.137 e. The van der Waals surface area contributed by atoms with Crippen LogP contribution in [0, 0.1) is 11.8 Å². The summed E-state index contributed by atoms with van der Waals surface area (Å²) >= 11 is 0. The first kappa shape index (κ1) is 18.9. The third kappa shape index (κ3) is 3.12. The summed E-state index contributed by atoms with van der Waals surface area (Å²) in [6, 6.07) is 2.23. The molecule has 0 aromatic carbocycles. The average Bonchev–Trinajstić information content (AvgIpc) is 2.96. The number of allylic oxidation sites excluding steroid dienone is 6. The van der Waals surface area contributed by atoms with Gasteiger partial charge in [-0.25, -0.2) is 0 Å². The Morgan fingerprint density at radius 3 is 3.04 bits per heavy atom. The fourth-order valence-electron chi connectivity index (χ4n) is 4.31. The first-order chi connectivity index (χ1) is 12.2. The summed E-state index contributed by atoms with van der Waals surface area (Å²) in [6.07, 6.45) is 14.8. The molecule has 5 heteroatoms. The molecule has 138 valence electrons. The van der Waals surface area contributed by atoms with Crippen LogP contribution in [0.25, 0.3) is 11.3 Å². The highest BCUT2D eigenvalue weighted by atomic mass is 35.5. The maximum atomic E-state index is 12.2. The van der Waals surface area contributed by atoms with E-state index in [0.717, 1.165) is 43.6 Å². The molecule has 1 N–H and O–H groups in total. The molecule has 1 aliphatic heterocycles. The number of nitrogens with one attached hydrogen (secondary N) is 1. The van der Waals surface area contributed by atoms with Crippen LogP contribution in [0.1, 0.15) is 37.4 Å². The summed E-state index contributed by atoms with van der Waals surface area (Å²) in [4.78, 5) is 17.1. The van der Waals surface area contributed by atoms with E-state index in [1.54, 1.807) is 6.92 Å². The number of carbonyl (C=O) groups excluding carboxylic acids is 1. The SMILES string of the molecule is CNCCCC1C2=C(C=CC1C(C)=O)n1ccc3c1C(=CCC3)C=N2.Cl. The molecule has 1 aromatic rings. The Bertz CT molecular complexity index is 828. The van der Waals surface area contributed by atoms with Crippen molar-refractivity contribution in [2.24, 2.45) is 16.8 Å². The van der Waals surface area contributed by atoms with Gasteiger partial charge < -0.3 is 9.88 Å². The van der Waals surface area contributed by atoms with Gasteiger partial charge in [0.05, 0.1) is 17.1 Å². The van der Waals surface area contributed by atoms with Gasteiger partial charge in [-0.05, 0) is 63.9 Å². The van der Waals surface area contributed by atoms with E-state index in [-0.39, 0.29) is 30.0 Å². The second-order valence-electron chi connectivity index (χ2n) is 7.13. The summed E-state index contributed by atoms with van der Waals surface area (Å²) in [5.41, 5.74) is 6.08. The first-order valence-electron chi connectivity index (χ1n) is 9.23. The number of carbonyl (C=O) groups is 1. The van der Waals surface area contributed by atoms with Gasteiger partial charge in [0.2, 0.25) is 0 Å². The number of aromatic nitrogens is 1. The molecular formula is C21H26ClN3O. The Balaban J connectivity index is 0.00000196. The van der Waals surface area contributed by atoms with Crippen molar-refractivity contribution in [2.45, 2.75) is 32.6 Å². The number of hydrogen-bond acceptors (Lipinski definition) is 3. The molecule has 0 saturated heterocycles. The standard InChI is InChI=1S/C21H25N3O.ClH/c1-14(25)17-8-9-19-20(18(17)7-4-11-22-2)23-13-16-6-3-5-15-10-12-24(19)21(15)16;/h6,8-10,12-13,17-18,22H,3-5,7,11H2,1-2H3;1H. The molecule has 1 aromatic heterocycles. The van der Waals surface area contributed by atoms with E-state index in [1.807, 2.05) is 13.3 Å². The molecule has 0 saturated carbocycles. The molecule has 4 nitrogen and oxygen atoms in total. The lowest BCUT2D eigenvalue weighted by molar-refractivity contribution is -0.120. The van der Waals surface area contributed by atoms with Gasteiger partial charge in [0.1, 0.15) is 5.78 Å². The number of Topliss-reactive ketones (excluding diaryl/α,β-unsaturated/α-hetero) is 1. The number of ketones is 1. The van der Waals surface area contributed by atoms with Crippen LogP contribution in [0.15, 0.2) is 41.2 Å². The summed E-state index contributed by atoms with van der Waals surface area (Å²) in [6.45, 7) is 2.66. The molecule has 4 rings (SSSR count). The van der Waals surface area contributed by atoms with Gasteiger partial charge in [-0.3, -0.25) is 9.79 Å². The second-order valence-corrected chi connectivity index (χ2v) is 7.13. The minimum absolute atomic E-state index is 0. The molecule has 0 amide bonds. The van der Waals surface area contributed by atoms with Crippen molar-refractivity contribution in [2.75, 3.05) is 13.6 Å². The highest BCUT2D eigenvalue weighted by Gasteiger charge is 2.33. The van der Waals surface area contributed by atoms with E-state index >= 15 is 0 Å². The number of aryl methyl sites for hydroxylation is 1. The Morgan fingerprint density at radius 1 is 1.42 bits per heavy atom. The van der Waals surface area contributed by atoms with Crippen molar-refractivity contribution in [1.29, 1.82) is 0 Å². The topological polar surface area (TPSA) is 46.4 Å². The van der Waals surface area contributed by atoms with Crippen LogP contribution in [0.2, 0.25) is 0 Å². The van der Waals surface area contributed by atoms with Gasteiger partial charge in [-0.1, -0.05) is 12.2 Å². The zero-order valence-corrected chi connectivity index (χ0v) is 16.2. The fraction of sp³-hybridized carbons (Fsp3) is 0.429. The molecule has 3 aliphatic rings. The number of halogens is 1. The van der Waals surface area contributed by atoms with E-state index in [0.29, 0.717) is 0 Å². The van der Waals surface area contributed by atoms with Crippen molar-refractivity contribution in [1.82, 2.24) is 9.88 Å². The average molecular weight is 372 g/mol. The zero-order chi connectivity index (χ0) is 17.4. The lowest BCUT2D eigenvalue weighted by Gasteiger charge is -2.29. The van der Waals surface area contributed by atoms with Gasteiger partial charge in [0.15, 0.2) is 0 Å². The molecule has 0 fully saturated rings. The largest absolute Gasteiger partial charge is 0.320 e. The fourth-order valence-corrected chi connectivity index (χ4v) is 4.31. The lowest BCUT2D eigenvalue weighted by Crippen LogP contribution is -2.26. The van der Waals surface area contributed by atoms with Gasteiger partial charge in [0, 0.05) is 29.8 Å². The molecule has 2 aliphatic carbocycles. The molecule has 26 heavy (non-hydrogen) atoms. The molecule has 2 unspecified atom stereocenters. The normalized spacial score (nSPS) is 22.9. The lowest BCUT2D eigenvalue weighted by atomic mass is 9.79. The minimum Gasteiger partial charge on any atom is -0.320 e. The highest BCUT2D eigenvalue weighted by molar-refractivity contribution is 6.12. The monoisotopic (exact) mass is 371 g/mol. The Morgan fingerprint density at radius 2 is 2.27 bits per heavy atom. The third-order valence-electron chi connectivity index (χ3n) is 5.54. The minimum atomic E-state index is -0.0677. The Kier molecular flexibility index (Phi) is 5.64. The quantitative estimate of drug-likeness (QED) is 0.798. The summed E-state index contributed by atoms with van der Waals surface area (Å²) in [5.74, 6) is 0.313. The molecule has 0 spiro atoms. The van der Waals surface area contributed by atoms with Crippen LogP contribution in [-0.4, -0.2) is 30.2 Å². The van der Waals surface area contributed by atoms with Crippen LogP contribution in [0.4, 0.5) is 0 Å². The van der Waals surface area contributed by atoms with E-state index in [2.05, 4.69) is 40.4 Å². The van der Waals surface area contributed by atoms with Crippen molar-refractivity contribution < 1.29 is 4.79 Å². The van der Waals surface area contributed by atoms with E-state index < -0.39 is 0 Å². The molecule has 0 radical (unpaired) electrons. The third-order valence-corrected chi connectivity index (χ3v) is 5.54. The van der Waals surface area contributed by atoms with Crippen molar-refractivity contribution in [3.05, 3.63) is 47.4 Å². The van der Waals surface area contributed by atoms with Crippen molar-refractivity contribution in [3.8, 4) is 0 Å². The van der Waals surface area contributed by atoms with Crippen LogP contribution < -0.4 is 5.32 Å². The van der Waals surface area contributed by atoms with Gasteiger partial charge >= 0.3 is 0 Å². The number of aliphatic imine (C=N–C) groups is 1. The van der Waals surface area contributed by atoms with Crippen molar-refractivity contribution in [3.63, 3.8) is 0 Å². The number of rotatable bonds is 5. The highest BCUT2D eigenvalue weighted by Crippen LogP contribution is 2.41. The predicted molar refractivity (Wildman–Crippen MR) is 110 cm³/mol. The van der Waals surface area contributed by atoms with E-state index in [1.165, 1.54) is 16.8 Å². The number of nitrogens with zero attached hydrogens (tertiary/aromatic N) is 2. The van der Waals surface area contributed by atoms with Crippen LogP contribution >= 0.6 is 12.4 Å². The molecule has 2 atom stereocenters. The molecular weight excluding hydrogens is 346 g/mol. The van der Waals surface area contributed by atoms with E-state index in [9.17, 15) is 4.79 Å². The van der Waals surface area contributed by atoms with Crippen molar-refractivity contribution >= 4 is 35.7 Å². The van der Waals surface area contributed by atoms with Gasteiger partial charge in [-0.15, -0.1) is 12.4 Å². The zero-order valence-electron chi connectivity index (χ0n) is 15.4. The predicted octanol–water partition coefficient (Wildman–Crippen LogP) is 3.88. The van der Waals surface area contributed by atoms with Crippen LogP contribution in [0.3, 0.4) is 0 Å². The summed E-state index contributed by atoms with van der Waals surface area (Å²) in [5, 5.41) is 3.21. The van der Waals surface area contributed by atoms with Crippen LogP contribution in [-0.2, 0) is 11.2 Å². The number of fused-ring (bicyclic) bond motifs is 1. The second kappa shape index (κ2) is 7.77. The number of hydrogen-bond donors (Lipinski definition) is 1. The molecule has 2 heterocycles. The van der Waals surface area contributed by atoms with Crippen LogP contribution in [0.5, 0.6) is 0 Å². The first-order valence-corrected chi connectivity index (χ1v) is 9.23. The van der Waals surface area contributed by atoms with Gasteiger partial charge in [-0.2, -0.15) is 0 Å². The van der Waals surface area contributed by atoms with E-state index in [4.69, 9.17) is 4.99 Å². The summed E-state index contributed by atoms with van der Waals surface area (Å²) in [7, 11) is 1.97. The maximum absolute atomic E-state index is 12.2. The molecule has 0 bridgehead atoms. The Labute approximate surface area is 161 Å².